The number of amides is 1. The quantitative estimate of drug-likeness (QED) is 0.665. The summed E-state index contributed by atoms with van der Waals surface area (Å²) >= 11 is 1.70. The lowest BCUT2D eigenvalue weighted by molar-refractivity contribution is -0.140. The van der Waals surface area contributed by atoms with Gasteiger partial charge in [0.1, 0.15) is 17.0 Å². The molecule has 1 amide bonds. The van der Waals surface area contributed by atoms with E-state index in [4.69, 9.17) is 4.74 Å². The molecule has 4 heterocycles. The summed E-state index contributed by atoms with van der Waals surface area (Å²) in [5, 5.41) is 1.11. The van der Waals surface area contributed by atoms with Gasteiger partial charge in [-0.25, -0.2) is 9.97 Å². The summed E-state index contributed by atoms with van der Waals surface area (Å²) in [5.41, 5.74) is 1.20. The highest BCUT2D eigenvalue weighted by atomic mass is 32.1. The molecule has 1 aromatic carbocycles. The van der Waals surface area contributed by atoms with Crippen LogP contribution in [0.5, 0.6) is 0 Å². The molecule has 5 rings (SSSR count). The van der Waals surface area contributed by atoms with Gasteiger partial charge in [0.2, 0.25) is 5.91 Å². The van der Waals surface area contributed by atoms with Gasteiger partial charge in [0.25, 0.3) is 0 Å². The van der Waals surface area contributed by atoms with E-state index in [-0.39, 0.29) is 5.92 Å². The number of anilines is 1. The van der Waals surface area contributed by atoms with Gasteiger partial charge in [0, 0.05) is 37.0 Å². The van der Waals surface area contributed by atoms with Crippen LogP contribution in [0.4, 0.5) is 5.82 Å². The Kier molecular flexibility index (Phi) is 5.16. The van der Waals surface area contributed by atoms with Crippen molar-refractivity contribution in [1.82, 2.24) is 14.9 Å². The van der Waals surface area contributed by atoms with E-state index in [0.29, 0.717) is 19.1 Å². The van der Waals surface area contributed by atoms with Crippen molar-refractivity contribution in [2.75, 3.05) is 44.3 Å². The molecule has 0 unspecified atom stereocenters. The molecule has 0 aliphatic carbocycles. The number of rotatable bonds is 3. The molecule has 3 aromatic rings. The minimum atomic E-state index is 0.115. The van der Waals surface area contributed by atoms with E-state index >= 15 is 0 Å². The van der Waals surface area contributed by atoms with Crippen LogP contribution in [-0.4, -0.2) is 60.2 Å². The number of nitrogens with zero attached hydrogens (tertiary/aromatic N) is 4. The van der Waals surface area contributed by atoms with E-state index in [1.54, 1.807) is 17.7 Å². The molecule has 0 radical (unpaired) electrons. The van der Waals surface area contributed by atoms with E-state index < -0.39 is 0 Å². The summed E-state index contributed by atoms with van der Waals surface area (Å²) in [6, 6.07) is 12.6. The Morgan fingerprint density at radius 2 is 1.79 bits per heavy atom. The van der Waals surface area contributed by atoms with E-state index in [1.807, 2.05) is 11.0 Å². The fourth-order valence-electron chi connectivity index (χ4n) is 4.22. The van der Waals surface area contributed by atoms with Crippen molar-refractivity contribution >= 4 is 33.3 Å². The third-order valence-electron chi connectivity index (χ3n) is 5.83. The van der Waals surface area contributed by atoms with E-state index in [2.05, 4.69) is 45.2 Å². The van der Waals surface area contributed by atoms with Gasteiger partial charge in [0.15, 0.2) is 0 Å². The zero-order chi connectivity index (χ0) is 19.6. The lowest BCUT2D eigenvalue weighted by atomic mass is 9.95. The van der Waals surface area contributed by atoms with Crippen LogP contribution >= 0.6 is 11.3 Å². The van der Waals surface area contributed by atoms with Crippen LogP contribution in [0.25, 0.3) is 20.7 Å². The fourth-order valence-corrected chi connectivity index (χ4v) is 5.22. The molecule has 6 nitrogen and oxygen atoms in total. The van der Waals surface area contributed by atoms with Gasteiger partial charge in [-0.15, -0.1) is 11.3 Å². The van der Waals surface area contributed by atoms with Crippen molar-refractivity contribution in [1.29, 1.82) is 0 Å². The number of hydrogen-bond donors (Lipinski definition) is 0. The van der Waals surface area contributed by atoms with Gasteiger partial charge in [-0.05, 0) is 24.5 Å². The van der Waals surface area contributed by atoms with Crippen LogP contribution in [-0.2, 0) is 9.53 Å². The fraction of sp³-hybridized carbons (Fsp3) is 0.409. The van der Waals surface area contributed by atoms with Gasteiger partial charge < -0.3 is 14.5 Å². The van der Waals surface area contributed by atoms with Crippen molar-refractivity contribution in [2.24, 2.45) is 5.92 Å². The molecule has 2 aliphatic heterocycles. The topological polar surface area (TPSA) is 58.6 Å². The Bertz CT molecular complexity index is 992. The Hall–Kier alpha value is -2.51. The molecule has 2 fully saturated rings. The highest BCUT2D eigenvalue weighted by Gasteiger charge is 2.30. The minimum absolute atomic E-state index is 0.115. The van der Waals surface area contributed by atoms with Crippen LogP contribution in [0.3, 0.4) is 0 Å². The number of carbonyl (C=O) groups excluding carboxylic acids is 1. The van der Waals surface area contributed by atoms with Crippen LogP contribution in [0.2, 0.25) is 0 Å². The second-order valence-electron chi connectivity index (χ2n) is 7.59. The SMILES string of the molecule is O=C(C1CCN(c2ncnc3sc(-c4ccccc4)cc23)CC1)N1CCOCC1. The number of thiophene rings is 1. The third-order valence-corrected chi connectivity index (χ3v) is 6.93. The first-order valence-electron chi connectivity index (χ1n) is 10.2. The second-order valence-corrected chi connectivity index (χ2v) is 8.62. The molecule has 0 atom stereocenters. The predicted octanol–water partition coefficient (Wildman–Crippen LogP) is 3.43. The van der Waals surface area contributed by atoms with Gasteiger partial charge in [-0.1, -0.05) is 30.3 Å². The van der Waals surface area contributed by atoms with E-state index in [9.17, 15) is 4.79 Å². The number of morpholine rings is 1. The number of hydrogen-bond acceptors (Lipinski definition) is 6. The molecular weight excluding hydrogens is 384 g/mol. The van der Waals surface area contributed by atoms with Gasteiger partial charge in [0.05, 0.1) is 18.6 Å². The number of carbonyl (C=O) groups is 1. The highest BCUT2D eigenvalue weighted by molar-refractivity contribution is 7.21. The lowest BCUT2D eigenvalue weighted by Gasteiger charge is -2.36. The normalized spacial score (nSPS) is 18.3. The molecule has 0 saturated carbocycles. The minimum Gasteiger partial charge on any atom is -0.378 e. The number of aromatic nitrogens is 2. The number of benzene rings is 1. The van der Waals surface area contributed by atoms with Crippen LogP contribution < -0.4 is 4.90 Å². The van der Waals surface area contributed by atoms with Crippen molar-refractivity contribution in [3.05, 3.63) is 42.7 Å². The molecule has 0 bridgehead atoms. The molecule has 29 heavy (non-hydrogen) atoms. The van der Waals surface area contributed by atoms with Crippen molar-refractivity contribution in [3.8, 4) is 10.4 Å². The number of fused-ring (bicyclic) bond motifs is 1. The Labute approximate surface area is 174 Å². The Morgan fingerprint density at radius 3 is 2.55 bits per heavy atom. The summed E-state index contributed by atoms with van der Waals surface area (Å²) in [7, 11) is 0. The van der Waals surface area contributed by atoms with Gasteiger partial charge in [-0.2, -0.15) is 0 Å². The average Bonchev–Trinajstić information content (AvgIpc) is 3.24. The maximum Gasteiger partial charge on any atom is 0.225 e. The molecular formula is C22H24N4O2S. The smallest absolute Gasteiger partial charge is 0.225 e. The molecule has 0 N–H and O–H groups in total. The first-order valence-corrected chi connectivity index (χ1v) is 11.0. The van der Waals surface area contributed by atoms with Gasteiger partial charge in [-0.3, -0.25) is 4.79 Å². The Morgan fingerprint density at radius 1 is 1.03 bits per heavy atom. The molecule has 2 aromatic heterocycles. The largest absolute Gasteiger partial charge is 0.378 e. The monoisotopic (exact) mass is 408 g/mol. The maximum absolute atomic E-state index is 12.8. The van der Waals surface area contributed by atoms with Crippen LogP contribution in [0, 0.1) is 5.92 Å². The van der Waals surface area contributed by atoms with Crippen LogP contribution in [0.15, 0.2) is 42.7 Å². The first-order chi connectivity index (χ1) is 14.3. The maximum atomic E-state index is 12.8. The zero-order valence-electron chi connectivity index (χ0n) is 16.3. The van der Waals surface area contributed by atoms with Gasteiger partial charge >= 0.3 is 0 Å². The average molecular weight is 409 g/mol. The highest BCUT2D eigenvalue weighted by Crippen LogP contribution is 2.37. The molecule has 0 spiro atoms. The molecule has 7 heteroatoms. The van der Waals surface area contributed by atoms with Crippen LogP contribution in [0.1, 0.15) is 12.8 Å². The summed E-state index contributed by atoms with van der Waals surface area (Å²) in [5.74, 6) is 1.40. The Balaban J connectivity index is 1.33. The zero-order valence-corrected chi connectivity index (χ0v) is 17.1. The van der Waals surface area contributed by atoms with Crippen molar-refractivity contribution in [2.45, 2.75) is 12.8 Å². The standard InChI is InChI=1S/C22H24N4O2S/c27-22(26-10-12-28-13-11-26)17-6-8-25(9-7-17)20-18-14-19(16-4-2-1-3-5-16)29-21(18)24-15-23-20/h1-5,14-15,17H,6-13H2. The summed E-state index contributed by atoms with van der Waals surface area (Å²) in [4.78, 5) is 28.4. The van der Waals surface area contributed by atoms with E-state index in [0.717, 1.165) is 55.1 Å². The van der Waals surface area contributed by atoms with Crippen molar-refractivity contribution < 1.29 is 9.53 Å². The number of piperidine rings is 1. The van der Waals surface area contributed by atoms with Crippen molar-refractivity contribution in [3.63, 3.8) is 0 Å². The first kappa shape index (κ1) is 18.5. The molecule has 2 aliphatic rings. The molecule has 2 saturated heterocycles. The lowest BCUT2D eigenvalue weighted by Crippen LogP contribution is -2.47. The third kappa shape index (κ3) is 3.72. The summed E-state index contributed by atoms with van der Waals surface area (Å²) in [6.45, 7) is 4.47. The summed E-state index contributed by atoms with van der Waals surface area (Å²) in [6.07, 6.45) is 3.41. The predicted molar refractivity (Wildman–Crippen MR) is 115 cm³/mol. The summed E-state index contributed by atoms with van der Waals surface area (Å²) < 4.78 is 5.37. The second kappa shape index (κ2) is 8.08. The van der Waals surface area contributed by atoms with E-state index in [1.165, 1.54) is 10.4 Å². The molecule has 150 valence electrons. The number of ether oxygens (including phenoxy) is 1.